The number of carbonyl (C=O) groups is 2. The number of halogens is 1. The number of hydrogen-bond acceptors (Lipinski definition) is 2. The van der Waals surface area contributed by atoms with Gasteiger partial charge in [-0.2, -0.15) is 0 Å². The molecule has 0 aliphatic heterocycles. The number of hydrogen-bond donors (Lipinski definition) is 2. The van der Waals surface area contributed by atoms with Crippen molar-refractivity contribution in [1.29, 1.82) is 0 Å². The molecule has 2 rings (SSSR count). The Morgan fingerprint density at radius 3 is 2.38 bits per heavy atom. The fourth-order valence-electron chi connectivity index (χ4n) is 2.11. The average molecular weight is 344 g/mol. The van der Waals surface area contributed by atoms with Gasteiger partial charge in [-0.15, -0.1) is 0 Å². The summed E-state index contributed by atoms with van der Waals surface area (Å²) < 4.78 is 0. The van der Waals surface area contributed by atoms with E-state index in [-0.39, 0.29) is 16.5 Å². The molecule has 0 aliphatic rings. The summed E-state index contributed by atoms with van der Waals surface area (Å²) in [6.07, 6.45) is 3.10. The van der Waals surface area contributed by atoms with Gasteiger partial charge < -0.3 is 10.4 Å². The second-order valence-electron chi connectivity index (χ2n) is 5.64. The molecule has 0 fully saturated rings. The van der Waals surface area contributed by atoms with Crippen molar-refractivity contribution in [2.45, 2.75) is 19.8 Å². The maximum atomic E-state index is 11.9. The lowest BCUT2D eigenvalue weighted by Crippen LogP contribution is -2.09. The highest BCUT2D eigenvalue weighted by atomic mass is 35.5. The topological polar surface area (TPSA) is 66.4 Å². The van der Waals surface area contributed by atoms with Crippen molar-refractivity contribution in [3.8, 4) is 0 Å². The van der Waals surface area contributed by atoms with E-state index in [1.165, 1.54) is 23.8 Å². The second-order valence-corrected chi connectivity index (χ2v) is 6.05. The van der Waals surface area contributed by atoms with Gasteiger partial charge in [-0.1, -0.05) is 49.7 Å². The molecule has 124 valence electrons. The molecule has 0 radical (unpaired) electrons. The first kappa shape index (κ1) is 17.8. The molecule has 0 saturated heterocycles. The standard InChI is InChI=1S/C19H18ClNO3/c1-12(2)14-6-3-13(4-7-14)5-10-18(22)21-15-8-9-17(20)16(11-15)19(23)24/h3-12H,1-2H3,(H,21,22)(H,23,24). The molecule has 1 amide bonds. The van der Waals surface area contributed by atoms with Gasteiger partial charge in [0.1, 0.15) is 0 Å². The third-order valence-electron chi connectivity index (χ3n) is 3.49. The number of aromatic carboxylic acids is 1. The fourth-order valence-corrected chi connectivity index (χ4v) is 2.31. The molecule has 0 spiro atoms. The SMILES string of the molecule is CC(C)c1ccc(C=CC(=O)Nc2ccc(Cl)c(C(=O)O)c2)cc1. The van der Waals surface area contributed by atoms with Gasteiger partial charge >= 0.3 is 5.97 Å². The highest BCUT2D eigenvalue weighted by Crippen LogP contribution is 2.20. The molecule has 0 aromatic heterocycles. The molecular weight excluding hydrogens is 326 g/mol. The third kappa shape index (κ3) is 4.70. The van der Waals surface area contributed by atoms with Crippen molar-refractivity contribution in [3.63, 3.8) is 0 Å². The quantitative estimate of drug-likeness (QED) is 0.765. The van der Waals surface area contributed by atoms with E-state index in [2.05, 4.69) is 19.2 Å². The first-order valence-corrected chi connectivity index (χ1v) is 7.86. The zero-order valence-electron chi connectivity index (χ0n) is 13.4. The van der Waals surface area contributed by atoms with Crippen LogP contribution in [-0.4, -0.2) is 17.0 Å². The molecular formula is C19H18ClNO3. The summed E-state index contributed by atoms with van der Waals surface area (Å²) in [4.78, 5) is 23.0. The number of carboxylic acid groups (broad SMARTS) is 1. The lowest BCUT2D eigenvalue weighted by Gasteiger charge is -2.06. The van der Waals surface area contributed by atoms with E-state index in [0.29, 0.717) is 11.6 Å². The summed E-state index contributed by atoms with van der Waals surface area (Å²) >= 11 is 5.80. The minimum absolute atomic E-state index is 0.0530. The summed E-state index contributed by atoms with van der Waals surface area (Å²) in [5.41, 5.74) is 2.47. The van der Waals surface area contributed by atoms with Gasteiger partial charge in [0, 0.05) is 11.8 Å². The molecule has 0 heterocycles. The van der Waals surface area contributed by atoms with Gasteiger partial charge in [0.25, 0.3) is 0 Å². The monoisotopic (exact) mass is 343 g/mol. The van der Waals surface area contributed by atoms with Crippen LogP contribution in [0.15, 0.2) is 48.5 Å². The number of carbonyl (C=O) groups excluding carboxylic acids is 1. The predicted molar refractivity (Wildman–Crippen MR) is 96.6 cm³/mol. The van der Waals surface area contributed by atoms with E-state index < -0.39 is 5.97 Å². The van der Waals surface area contributed by atoms with E-state index in [0.717, 1.165) is 5.56 Å². The van der Waals surface area contributed by atoms with E-state index >= 15 is 0 Å². The molecule has 2 aromatic rings. The lowest BCUT2D eigenvalue weighted by atomic mass is 10.0. The van der Waals surface area contributed by atoms with Crippen LogP contribution in [0.3, 0.4) is 0 Å². The zero-order chi connectivity index (χ0) is 17.7. The van der Waals surface area contributed by atoms with Crippen LogP contribution >= 0.6 is 11.6 Å². The van der Waals surface area contributed by atoms with Crippen molar-refractivity contribution in [2.24, 2.45) is 0 Å². The number of anilines is 1. The number of benzene rings is 2. The van der Waals surface area contributed by atoms with Gasteiger partial charge in [-0.25, -0.2) is 4.79 Å². The van der Waals surface area contributed by atoms with E-state index in [1.54, 1.807) is 12.1 Å². The van der Waals surface area contributed by atoms with Crippen molar-refractivity contribution in [1.82, 2.24) is 0 Å². The summed E-state index contributed by atoms with van der Waals surface area (Å²) in [7, 11) is 0. The minimum Gasteiger partial charge on any atom is -0.478 e. The van der Waals surface area contributed by atoms with E-state index in [9.17, 15) is 9.59 Å². The summed E-state index contributed by atoms with van der Waals surface area (Å²) in [6, 6.07) is 12.3. The largest absolute Gasteiger partial charge is 0.478 e. The number of amides is 1. The highest BCUT2D eigenvalue weighted by Gasteiger charge is 2.10. The van der Waals surface area contributed by atoms with Crippen LogP contribution in [0.25, 0.3) is 6.08 Å². The molecule has 0 saturated carbocycles. The molecule has 0 unspecified atom stereocenters. The van der Waals surface area contributed by atoms with Crippen LogP contribution in [0.5, 0.6) is 0 Å². The first-order valence-electron chi connectivity index (χ1n) is 7.48. The Bertz CT molecular complexity index is 780. The fraction of sp³-hybridized carbons (Fsp3) is 0.158. The van der Waals surface area contributed by atoms with E-state index in [1.807, 2.05) is 24.3 Å². The highest BCUT2D eigenvalue weighted by molar-refractivity contribution is 6.33. The molecule has 2 aromatic carbocycles. The Kier molecular flexibility index (Phi) is 5.77. The molecule has 24 heavy (non-hydrogen) atoms. The smallest absolute Gasteiger partial charge is 0.337 e. The average Bonchev–Trinajstić information content (AvgIpc) is 2.55. The van der Waals surface area contributed by atoms with Crippen LogP contribution in [0.1, 0.15) is 41.3 Å². The molecule has 5 heteroatoms. The van der Waals surface area contributed by atoms with Crippen LogP contribution < -0.4 is 5.32 Å². The first-order chi connectivity index (χ1) is 11.4. The van der Waals surface area contributed by atoms with Gasteiger partial charge in [0.15, 0.2) is 0 Å². The van der Waals surface area contributed by atoms with Crippen molar-refractivity contribution in [2.75, 3.05) is 5.32 Å². The number of carboxylic acids is 1. The third-order valence-corrected chi connectivity index (χ3v) is 3.82. The summed E-state index contributed by atoms with van der Waals surface area (Å²) in [5, 5.41) is 11.8. The van der Waals surface area contributed by atoms with Crippen molar-refractivity contribution < 1.29 is 14.7 Å². The maximum Gasteiger partial charge on any atom is 0.337 e. The van der Waals surface area contributed by atoms with Crippen molar-refractivity contribution >= 4 is 35.2 Å². The number of nitrogens with one attached hydrogen (secondary N) is 1. The van der Waals surface area contributed by atoms with Gasteiger partial charge in [-0.05, 0) is 41.3 Å². The molecule has 0 atom stereocenters. The minimum atomic E-state index is -1.14. The Hall–Kier alpha value is -2.59. The molecule has 2 N–H and O–H groups in total. The van der Waals surface area contributed by atoms with Gasteiger partial charge in [0.05, 0.1) is 10.6 Å². The van der Waals surface area contributed by atoms with Crippen molar-refractivity contribution in [3.05, 3.63) is 70.3 Å². The Balaban J connectivity index is 2.05. The molecule has 0 bridgehead atoms. The lowest BCUT2D eigenvalue weighted by molar-refractivity contribution is -0.111. The zero-order valence-corrected chi connectivity index (χ0v) is 14.2. The Labute approximate surface area is 145 Å². The Morgan fingerprint density at radius 1 is 1.12 bits per heavy atom. The number of rotatable bonds is 5. The van der Waals surface area contributed by atoms with Gasteiger partial charge in [0.2, 0.25) is 5.91 Å². The van der Waals surface area contributed by atoms with Crippen LogP contribution in [0.2, 0.25) is 5.02 Å². The van der Waals surface area contributed by atoms with Crippen LogP contribution in [0.4, 0.5) is 5.69 Å². The molecule has 0 aliphatic carbocycles. The summed E-state index contributed by atoms with van der Waals surface area (Å²) in [6.45, 7) is 4.24. The second kappa shape index (κ2) is 7.79. The maximum absolute atomic E-state index is 11.9. The normalized spacial score (nSPS) is 11.0. The molecule has 4 nitrogen and oxygen atoms in total. The summed E-state index contributed by atoms with van der Waals surface area (Å²) in [5.74, 6) is -1.03. The Morgan fingerprint density at radius 2 is 1.79 bits per heavy atom. The van der Waals surface area contributed by atoms with E-state index in [4.69, 9.17) is 16.7 Å². The predicted octanol–water partition coefficient (Wildman–Crippen LogP) is 4.81. The van der Waals surface area contributed by atoms with Crippen LogP contribution in [0, 0.1) is 0 Å². The van der Waals surface area contributed by atoms with Crippen LogP contribution in [-0.2, 0) is 4.79 Å². The van der Waals surface area contributed by atoms with Gasteiger partial charge in [-0.3, -0.25) is 4.79 Å².